The predicted molar refractivity (Wildman–Crippen MR) is 66.0 cm³/mol. The minimum atomic E-state index is 0.116. The van der Waals surface area contributed by atoms with Gasteiger partial charge in [0.15, 0.2) is 5.94 Å². The number of nitrogen functional groups attached to an aromatic ring is 1. The molecule has 3 nitrogen and oxygen atoms in total. The Morgan fingerprint density at radius 2 is 2.07 bits per heavy atom. The molecule has 0 bridgehead atoms. The van der Waals surface area contributed by atoms with E-state index in [2.05, 4.69) is 15.9 Å². The molecule has 2 N–H and O–H groups in total. The fourth-order valence-electron chi connectivity index (χ4n) is 0.947. The van der Waals surface area contributed by atoms with Crippen LogP contribution in [0.2, 0.25) is 0 Å². The number of ether oxygens (including phenoxy) is 1. The van der Waals surface area contributed by atoms with Crippen molar-refractivity contribution in [1.29, 1.82) is 0 Å². The Kier molecular flexibility index (Phi) is 6.50. The Morgan fingerprint density at radius 1 is 1.47 bits per heavy atom. The molecule has 4 heteroatoms. The second-order valence-corrected chi connectivity index (χ2v) is 3.28. The van der Waals surface area contributed by atoms with Gasteiger partial charge in [0.2, 0.25) is 5.76 Å². The minimum absolute atomic E-state index is 0.116. The molecular formula is C11H14BrNO2. The topological polar surface area (TPSA) is 52.3 Å². The summed E-state index contributed by atoms with van der Waals surface area (Å²) in [5, 5.41) is 0. The summed E-state index contributed by atoms with van der Waals surface area (Å²) in [5.41, 5.74) is 6.70. The Labute approximate surface area is 98.1 Å². The third-order valence-electron chi connectivity index (χ3n) is 1.56. The summed E-state index contributed by atoms with van der Waals surface area (Å²) in [5.74, 6) is 1.79. The van der Waals surface area contributed by atoms with Crippen LogP contribution in [-0.2, 0) is 9.53 Å². The number of hydrogen-bond donors (Lipinski definition) is 1. The molecule has 0 saturated carbocycles. The highest BCUT2D eigenvalue weighted by atomic mass is 79.9. The summed E-state index contributed by atoms with van der Waals surface area (Å²) in [4.78, 5) is 10.4. The van der Waals surface area contributed by atoms with Gasteiger partial charge in [-0.3, -0.25) is 0 Å². The van der Waals surface area contributed by atoms with E-state index in [9.17, 15) is 4.79 Å². The van der Waals surface area contributed by atoms with Crippen molar-refractivity contribution in [2.24, 2.45) is 0 Å². The van der Waals surface area contributed by atoms with Crippen molar-refractivity contribution >= 4 is 33.3 Å². The SMILES string of the molecule is CC.COC(=C=O)c1ccc(Br)cc1N. The van der Waals surface area contributed by atoms with Gasteiger partial charge in [-0.1, -0.05) is 29.8 Å². The Bertz CT molecular complexity index is 371. The molecule has 0 unspecified atom stereocenters. The van der Waals surface area contributed by atoms with Crippen LogP contribution in [0.25, 0.3) is 5.76 Å². The predicted octanol–water partition coefficient (Wildman–Crippen LogP) is 2.88. The lowest BCUT2D eigenvalue weighted by molar-refractivity contribution is 0.371. The quantitative estimate of drug-likeness (QED) is 0.511. The number of hydrogen-bond acceptors (Lipinski definition) is 3. The normalized spacial score (nSPS) is 8.27. The molecule has 1 aromatic carbocycles. The van der Waals surface area contributed by atoms with Gasteiger partial charge in [0, 0.05) is 10.2 Å². The lowest BCUT2D eigenvalue weighted by Crippen LogP contribution is -1.95. The standard InChI is InChI=1S/C9H8BrNO2.C2H6/c1-13-9(5-12)7-3-2-6(10)4-8(7)11;1-2/h2-4H,11H2,1H3;1-2H3. The summed E-state index contributed by atoms with van der Waals surface area (Å²) in [6.07, 6.45) is 0. The highest BCUT2D eigenvalue weighted by molar-refractivity contribution is 9.10. The molecule has 0 radical (unpaired) electrons. The average molecular weight is 272 g/mol. The molecule has 0 atom stereocenters. The molecule has 0 spiro atoms. The number of halogens is 1. The van der Waals surface area contributed by atoms with E-state index in [0.717, 1.165) is 4.47 Å². The summed E-state index contributed by atoms with van der Waals surface area (Å²) in [6, 6.07) is 5.18. The molecule has 0 aliphatic carbocycles. The molecule has 0 aromatic heterocycles. The lowest BCUT2D eigenvalue weighted by Gasteiger charge is -2.05. The van der Waals surface area contributed by atoms with Gasteiger partial charge in [0.1, 0.15) is 0 Å². The second kappa shape index (κ2) is 7.10. The third-order valence-corrected chi connectivity index (χ3v) is 2.05. The van der Waals surface area contributed by atoms with Gasteiger partial charge >= 0.3 is 0 Å². The molecular weight excluding hydrogens is 258 g/mol. The van der Waals surface area contributed by atoms with Crippen LogP contribution < -0.4 is 5.73 Å². The molecule has 0 heterocycles. The zero-order chi connectivity index (χ0) is 11.8. The number of anilines is 1. The Hall–Kier alpha value is -1.25. The van der Waals surface area contributed by atoms with E-state index in [0.29, 0.717) is 11.3 Å². The number of carbonyl (C=O) groups excluding carboxylic acids is 1. The first-order chi connectivity index (χ1) is 7.19. The minimum Gasteiger partial charge on any atom is -0.486 e. The van der Waals surface area contributed by atoms with E-state index < -0.39 is 0 Å². The molecule has 0 saturated heterocycles. The van der Waals surface area contributed by atoms with Crippen molar-refractivity contribution in [3.8, 4) is 0 Å². The monoisotopic (exact) mass is 271 g/mol. The number of methoxy groups -OCH3 is 1. The number of benzene rings is 1. The van der Waals surface area contributed by atoms with Crippen molar-refractivity contribution in [2.75, 3.05) is 12.8 Å². The van der Waals surface area contributed by atoms with Crippen LogP contribution in [0.15, 0.2) is 22.7 Å². The fourth-order valence-corrected chi connectivity index (χ4v) is 1.33. The molecule has 0 fully saturated rings. The highest BCUT2D eigenvalue weighted by Crippen LogP contribution is 2.23. The molecule has 15 heavy (non-hydrogen) atoms. The maximum Gasteiger partial charge on any atom is 0.212 e. The number of nitrogens with two attached hydrogens (primary N) is 1. The van der Waals surface area contributed by atoms with Crippen LogP contribution in [0.4, 0.5) is 5.69 Å². The first kappa shape index (κ1) is 13.8. The Balaban J connectivity index is 0.000000921. The fraction of sp³-hybridized carbons (Fsp3) is 0.273. The summed E-state index contributed by atoms with van der Waals surface area (Å²) in [6.45, 7) is 4.00. The van der Waals surface area contributed by atoms with Crippen LogP contribution >= 0.6 is 15.9 Å². The van der Waals surface area contributed by atoms with Crippen LogP contribution in [-0.4, -0.2) is 13.1 Å². The van der Waals surface area contributed by atoms with E-state index in [1.807, 2.05) is 13.8 Å². The van der Waals surface area contributed by atoms with Crippen LogP contribution in [0.1, 0.15) is 19.4 Å². The van der Waals surface area contributed by atoms with Crippen LogP contribution in [0.5, 0.6) is 0 Å². The summed E-state index contributed by atoms with van der Waals surface area (Å²) >= 11 is 3.26. The van der Waals surface area contributed by atoms with Crippen molar-refractivity contribution in [3.05, 3.63) is 28.2 Å². The van der Waals surface area contributed by atoms with Crippen LogP contribution in [0, 0.1) is 0 Å². The van der Waals surface area contributed by atoms with Gasteiger partial charge in [-0.15, -0.1) is 0 Å². The smallest absolute Gasteiger partial charge is 0.212 e. The maximum absolute atomic E-state index is 10.4. The lowest BCUT2D eigenvalue weighted by atomic mass is 10.1. The van der Waals surface area contributed by atoms with Gasteiger partial charge < -0.3 is 10.5 Å². The molecule has 0 aliphatic rings. The zero-order valence-electron chi connectivity index (χ0n) is 9.00. The largest absolute Gasteiger partial charge is 0.486 e. The number of rotatable bonds is 2. The van der Waals surface area contributed by atoms with E-state index in [4.69, 9.17) is 10.5 Å². The van der Waals surface area contributed by atoms with Gasteiger partial charge in [-0.05, 0) is 18.2 Å². The van der Waals surface area contributed by atoms with E-state index >= 15 is 0 Å². The van der Waals surface area contributed by atoms with Crippen molar-refractivity contribution in [3.63, 3.8) is 0 Å². The van der Waals surface area contributed by atoms with Gasteiger partial charge in [0.25, 0.3) is 0 Å². The van der Waals surface area contributed by atoms with Gasteiger partial charge in [-0.25, -0.2) is 4.79 Å². The Morgan fingerprint density at radius 3 is 2.47 bits per heavy atom. The first-order valence-electron chi connectivity index (χ1n) is 4.53. The van der Waals surface area contributed by atoms with Crippen LogP contribution in [0.3, 0.4) is 0 Å². The van der Waals surface area contributed by atoms with Crippen molar-refractivity contribution in [2.45, 2.75) is 13.8 Å². The van der Waals surface area contributed by atoms with E-state index in [1.165, 1.54) is 7.11 Å². The maximum atomic E-state index is 10.4. The average Bonchev–Trinajstić information content (AvgIpc) is 2.25. The second-order valence-electron chi connectivity index (χ2n) is 2.37. The zero-order valence-corrected chi connectivity index (χ0v) is 10.6. The molecule has 0 amide bonds. The molecule has 82 valence electrons. The first-order valence-corrected chi connectivity index (χ1v) is 5.33. The molecule has 0 aliphatic heterocycles. The van der Waals surface area contributed by atoms with E-state index in [-0.39, 0.29) is 5.76 Å². The molecule has 1 rings (SSSR count). The highest BCUT2D eigenvalue weighted by Gasteiger charge is 2.06. The van der Waals surface area contributed by atoms with Gasteiger partial charge in [0.05, 0.1) is 12.7 Å². The summed E-state index contributed by atoms with van der Waals surface area (Å²) < 4.78 is 5.66. The summed E-state index contributed by atoms with van der Waals surface area (Å²) in [7, 11) is 1.40. The van der Waals surface area contributed by atoms with Crippen molar-refractivity contribution < 1.29 is 9.53 Å². The van der Waals surface area contributed by atoms with Crippen molar-refractivity contribution in [1.82, 2.24) is 0 Å². The third kappa shape index (κ3) is 3.78. The molecule has 1 aromatic rings. The van der Waals surface area contributed by atoms with E-state index in [1.54, 1.807) is 24.1 Å². The van der Waals surface area contributed by atoms with Gasteiger partial charge in [-0.2, -0.15) is 0 Å².